The van der Waals surface area contributed by atoms with Crippen LogP contribution in [0.15, 0.2) is 18.2 Å². The molecule has 0 heterocycles. The highest BCUT2D eigenvalue weighted by Gasteiger charge is 2.26. The summed E-state index contributed by atoms with van der Waals surface area (Å²) in [7, 11) is 1.50. The van der Waals surface area contributed by atoms with E-state index in [0.717, 1.165) is 13.0 Å². The van der Waals surface area contributed by atoms with Gasteiger partial charge in [-0.3, -0.25) is 0 Å². The van der Waals surface area contributed by atoms with Crippen LogP contribution in [-0.2, 0) is 5.41 Å². The van der Waals surface area contributed by atoms with Gasteiger partial charge in [0, 0.05) is 5.54 Å². The summed E-state index contributed by atoms with van der Waals surface area (Å²) in [6.07, 6.45) is 0.869. The topological polar surface area (TPSA) is 21.3 Å². The van der Waals surface area contributed by atoms with Crippen molar-refractivity contribution in [3.63, 3.8) is 0 Å². The first kappa shape index (κ1) is 16.0. The minimum absolute atomic E-state index is 0.0863. The van der Waals surface area contributed by atoms with E-state index in [1.54, 1.807) is 6.07 Å². The van der Waals surface area contributed by atoms with Gasteiger partial charge in [0.15, 0.2) is 11.6 Å². The fraction of sp³-hybridized carbons (Fsp3) is 0.625. The number of halogens is 1. The summed E-state index contributed by atoms with van der Waals surface area (Å²) in [5, 5.41) is 3.44. The molecule has 0 saturated heterocycles. The van der Waals surface area contributed by atoms with E-state index in [4.69, 9.17) is 4.74 Å². The number of hydrogen-bond donors (Lipinski definition) is 1. The molecule has 19 heavy (non-hydrogen) atoms. The van der Waals surface area contributed by atoms with E-state index in [-0.39, 0.29) is 16.8 Å². The number of rotatable bonds is 5. The van der Waals surface area contributed by atoms with Crippen LogP contribution in [0, 0.1) is 5.82 Å². The minimum Gasteiger partial charge on any atom is -0.494 e. The van der Waals surface area contributed by atoms with E-state index in [1.165, 1.54) is 7.11 Å². The minimum atomic E-state index is -0.245. The molecule has 0 radical (unpaired) electrons. The molecule has 0 amide bonds. The normalized spacial score (nSPS) is 12.6. The summed E-state index contributed by atoms with van der Waals surface area (Å²) >= 11 is 0. The molecule has 1 rings (SSSR count). The van der Waals surface area contributed by atoms with Crippen LogP contribution < -0.4 is 10.1 Å². The predicted octanol–water partition coefficient (Wildman–Crippen LogP) is 3.89. The van der Waals surface area contributed by atoms with Gasteiger partial charge in [-0.15, -0.1) is 0 Å². The van der Waals surface area contributed by atoms with Gasteiger partial charge in [-0.1, -0.05) is 26.0 Å². The first-order chi connectivity index (χ1) is 8.67. The number of nitrogens with one attached hydrogen (secondary N) is 1. The van der Waals surface area contributed by atoms with Crippen LogP contribution in [-0.4, -0.2) is 19.2 Å². The molecule has 0 aliphatic rings. The van der Waals surface area contributed by atoms with Gasteiger partial charge in [0.2, 0.25) is 0 Å². The van der Waals surface area contributed by atoms with Gasteiger partial charge in [-0.05, 0) is 50.8 Å². The summed E-state index contributed by atoms with van der Waals surface area (Å²) in [5.41, 5.74) is 0.572. The second-order valence-corrected chi connectivity index (χ2v) is 6.63. The Morgan fingerprint density at radius 2 is 1.79 bits per heavy atom. The summed E-state index contributed by atoms with van der Waals surface area (Å²) in [6.45, 7) is 11.4. The zero-order valence-corrected chi connectivity index (χ0v) is 12.9. The number of methoxy groups -OCH3 is 1. The van der Waals surface area contributed by atoms with Crippen molar-refractivity contribution < 1.29 is 9.13 Å². The van der Waals surface area contributed by atoms with Crippen LogP contribution in [0.1, 0.15) is 46.6 Å². The van der Waals surface area contributed by atoms with E-state index >= 15 is 0 Å². The Bertz CT molecular complexity index is 421. The first-order valence-electron chi connectivity index (χ1n) is 6.75. The van der Waals surface area contributed by atoms with Crippen LogP contribution in [0.4, 0.5) is 4.39 Å². The third-order valence-corrected chi connectivity index (χ3v) is 3.32. The molecule has 3 heteroatoms. The van der Waals surface area contributed by atoms with Gasteiger partial charge >= 0.3 is 0 Å². The van der Waals surface area contributed by atoms with Crippen molar-refractivity contribution in [3.05, 3.63) is 29.6 Å². The summed E-state index contributed by atoms with van der Waals surface area (Å²) in [4.78, 5) is 0. The van der Waals surface area contributed by atoms with E-state index < -0.39 is 0 Å². The molecule has 0 aliphatic carbocycles. The van der Waals surface area contributed by atoms with E-state index in [2.05, 4.69) is 39.9 Å². The third-order valence-electron chi connectivity index (χ3n) is 3.32. The highest BCUT2D eigenvalue weighted by atomic mass is 19.1. The van der Waals surface area contributed by atoms with Gasteiger partial charge in [-0.2, -0.15) is 0 Å². The maximum absolute atomic E-state index is 14.3. The van der Waals surface area contributed by atoms with Gasteiger partial charge in [-0.25, -0.2) is 4.39 Å². The molecular formula is C16H26FNO. The lowest BCUT2D eigenvalue weighted by atomic mass is 9.81. The molecule has 0 aliphatic heterocycles. The molecule has 1 aromatic carbocycles. The number of ether oxygens (including phenoxy) is 1. The molecule has 0 aromatic heterocycles. The molecule has 0 fully saturated rings. The number of hydrogen-bond acceptors (Lipinski definition) is 2. The van der Waals surface area contributed by atoms with E-state index in [1.807, 2.05) is 12.1 Å². The van der Waals surface area contributed by atoms with Crippen LogP contribution in [0.5, 0.6) is 5.75 Å². The maximum atomic E-state index is 14.3. The molecule has 0 spiro atoms. The maximum Gasteiger partial charge on any atom is 0.168 e. The predicted molar refractivity (Wildman–Crippen MR) is 78.4 cm³/mol. The molecule has 0 atom stereocenters. The first-order valence-corrected chi connectivity index (χ1v) is 6.75. The number of benzene rings is 1. The molecule has 0 saturated carbocycles. The van der Waals surface area contributed by atoms with Crippen molar-refractivity contribution in [1.29, 1.82) is 0 Å². The monoisotopic (exact) mass is 267 g/mol. The smallest absolute Gasteiger partial charge is 0.168 e. The SMILES string of the molecule is COc1cccc(C(C)(C)CCNC(C)(C)C)c1F. The Morgan fingerprint density at radius 1 is 1.16 bits per heavy atom. The summed E-state index contributed by atoms with van der Waals surface area (Å²) in [5.74, 6) is 0.0696. The summed E-state index contributed by atoms with van der Waals surface area (Å²) < 4.78 is 19.3. The van der Waals surface area contributed by atoms with Crippen molar-refractivity contribution in [2.45, 2.75) is 52.0 Å². The molecule has 0 bridgehead atoms. The standard InChI is InChI=1S/C16H26FNO/c1-15(2,3)18-11-10-16(4,5)12-8-7-9-13(19-6)14(12)17/h7-9,18H,10-11H2,1-6H3. The van der Waals surface area contributed by atoms with Gasteiger partial charge in [0.05, 0.1) is 7.11 Å². The lowest BCUT2D eigenvalue weighted by Crippen LogP contribution is -2.38. The van der Waals surface area contributed by atoms with Crippen molar-refractivity contribution in [2.24, 2.45) is 0 Å². The summed E-state index contributed by atoms with van der Waals surface area (Å²) in [6, 6.07) is 5.34. The fourth-order valence-corrected chi connectivity index (χ4v) is 2.08. The second-order valence-electron chi connectivity index (χ2n) is 6.63. The molecule has 1 aromatic rings. The second kappa shape index (κ2) is 5.91. The van der Waals surface area contributed by atoms with E-state index in [0.29, 0.717) is 11.3 Å². The molecular weight excluding hydrogens is 241 g/mol. The third kappa shape index (κ3) is 4.50. The Hall–Kier alpha value is -1.09. The average molecular weight is 267 g/mol. The van der Waals surface area contributed by atoms with Crippen LogP contribution in [0.3, 0.4) is 0 Å². The van der Waals surface area contributed by atoms with Crippen molar-refractivity contribution in [3.8, 4) is 5.75 Å². The zero-order chi connectivity index (χ0) is 14.7. The van der Waals surface area contributed by atoms with Crippen LogP contribution in [0.2, 0.25) is 0 Å². The Morgan fingerprint density at radius 3 is 2.32 bits per heavy atom. The molecule has 1 N–H and O–H groups in total. The largest absolute Gasteiger partial charge is 0.494 e. The average Bonchev–Trinajstić information content (AvgIpc) is 2.27. The quantitative estimate of drug-likeness (QED) is 0.874. The highest BCUT2D eigenvalue weighted by molar-refractivity contribution is 5.35. The van der Waals surface area contributed by atoms with Crippen molar-refractivity contribution >= 4 is 0 Å². The van der Waals surface area contributed by atoms with Gasteiger partial charge in [0.1, 0.15) is 0 Å². The fourth-order valence-electron chi connectivity index (χ4n) is 2.08. The molecule has 0 unspecified atom stereocenters. The molecule has 108 valence electrons. The Kier molecular flexibility index (Phi) is 4.97. The van der Waals surface area contributed by atoms with Gasteiger partial charge in [0.25, 0.3) is 0 Å². The van der Waals surface area contributed by atoms with Crippen LogP contribution >= 0.6 is 0 Å². The Labute approximate surface area is 116 Å². The lowest BCUT2D eigenvalue weighted by molar-refractivity contribution is 0.356. The Balaban J connectivity index is 2.82. The highest BCUT2D eigenvalue weighted by Crippen LogP contribution is 2.32. The van der Waals surface area contributed by atoms with Crippen molar-refractivity contribution in [1.82, 2.24) is 5.32 Å². The van der Waals surface area contributed by atoms with Crippen molar-refractivity contribution in [2.75, 3.05) is 13.7 Å². The van der Waals surface area contributed by atoms with Crippen LogP contribution in [0.25, 0.3) is 0 Å². The van der Waals surface area contributed by atoms with Gasteiger partial charge < -0.3 is 10.1 Å². The zero-order valence-electron chi connectivity index (χ0n) is 12.9. The van der Waals surface area contributed by atoms with E-state index in [9.17, 15) is 4.39 Å². The lowest BCUT2D eigenvalue weighted by Gasteiger charge is -2.29. The molecule has 2 nitrogen and oxygen atoms in total.